The van der Waals surface area contributed by atoms with E-state index in [0.29, 0.717) is 12.8 Å². The van der Waals surface area contributed by atoms with Gasteiger partial charge in [-0.15, -0.1) is 17.7 Å². The summed E-state index contributed by atoms with van der Waals surface area (Å²) in [5.74, 6) is 7.60. The smallest absolute Gasteiger partial charge is 0.171 e. The molecule has 4 heteroatoms. The van der Waals surface area contributed by atoms with Gasteiger partial charge in [0.1, 0.15) is 0 Å². The minimum absolute atomic E-state index is 0.194. The van der Waals surface area contributed by atoms with Crippen molar-refractivity contribution in [2.75, 3.05) is 11.5 Å². The monoisotopic (exact) mass is 224 g/mol. The molecular formula is C10H15F3S. The van der Waals surface area contributed by atoms with E-state index in [-0.39, 0.29) is 6.42 Å². The van der Waals surface area contributed by atoms with Gasteiger partial charge in [-0.1, -0.05) is 12.8 Å². The van der Waals surface area contributed by atoms with Crippen molar-refractivity contribution in [2.24, 2.45) is 0 Å². The van der Waals surface area contributed by atoms with Crippen molar-refractivity contribution in [3.05, 3.63) is 0 Å². The summed E-state index contributed by atoms with van der Waals surface area (Å²) in [7, 11) is 0. The molecule has 0 aliphatic heterocycles. The summed E-state index contributed by atoms with van der Waals surface area (Å²) in [6.45, 7) is 2.05. The van der Waals surface area contributed by atoms with E-state index >= 15 is 0 Å². The summed E-state index contributed by atoms with van der Waals surface area (Å²) in [5, 5.41) is 0. The van der Waals surface area contributed by atoms with E-state index in [2.05, 4.69) is 18.8 Å². The van der Waals surface area contributed by atoms with Crippen LogP contribution in [0.4, 0.5) is 13.2 Å². The number of thioether (sulfide) groups is 1. The number of halogens is 3. The zero-order valence-corrected chi connectivity index (χ0v) is 9.10. The predicted molar refractivity (Wildman–Crippen MR) is 55.3 cm³/mol. The van der Waals surface area contributed by atoms with Crippen LogP contribution in [0.2, 0.25) is 0 Å². The fraction of sp³-hybridized carbons (Fsp3) is 0.800. The molecule has 0 saturated heterocycles. The molecule has 0 saturated carbocycles. The van der Waals surface area contributed by atoms with Crippen molar-refractivity contribution in [3.8, 4) is 11.8 Å². The summed E-state index contributed by atoms with van der Waals surface area (Å²) in [6, 6.07) is 0. The largest absolute Gasteiger partial charge is 0.389 e. The van der Waals surface area contributed by atoms with E-state index in [1.54, 1.807) is 11.8 Å². The molecule has 0 radical (unpaired) electrons. The predicted octanol–water partition coefficient (Wildman–Crippen LogP) is 3.87. The molecule has 0 aromatic carbocycles. The fourth-order valence-corrected chi connectivity index (χ4v) is 1.24. The highest BCUT2D eigenvalue weighted by molar-refractivity contribution is 7.99. The Balaban J connectivity index is 3.23. The van der Waals surface area contributed by atoms with Crippen molar-refractivity contribution in [3.63, 3.8) is 0 Å². The highest BCUT2D eigenvalue weighted by atomic mass is 32.2. The lowest BCUT2D eigenvalue weighted by atomic mass is 10.2. The molecule has 0 unspecified atom stereocenters. The molecule has 0 aliphatic carbocycles. The van der Waals surface area contributed by atoms with Crippen LogP contribution in [0.3, 0.4) is 0 Å². The molecule has 0 N–H and O–H groups in total. The summed E-state index contributed by atoms with van der Waals surface area (Å²) < 4.78 is 35.1. The van der Waals surface area contributed by atoms with Crippen LogP contribution in [0.5, 0.6) is 0 Å². The molecule has 14 heavy (non-hydrogen) atoms. The van der Waals surface area contributed by atoms with Crippen molar-refractivity contribution >= 4 is 11.8 Å². The highest BCUT2D eigenvalue weighted by Crippen LogP contribution is 2.22. The third-order valence-corrected chi connectivity index (χ3v) is 2.27. The number of unbranched alkanes of at least 4 members (excludes halogenated alkanes) is 2. The zero-order valence-electron chi connectivity index (χ0n) is 8.28. The van der Waals surface area contributed by atoms with E-state index < -0.39 is 12.6 Å². The highest BCUT2D eigenvalue weighted by Gasteiger charge is 2.25. The summed E-state index contributed by atoms with van der Waals surface area (Å²) in [5.41, 5.74) is 0. The van der Waals surface area contributed by atoms with Gasteiger partial charge in [0, 0.05) is 12.8 Å². The summed E-state index contributed by atoms with van der Waals surface area (Å²) >= 11 is 1.72. The molecule has 0 nitrogen and oxygen atoms in total. The first-order valence-electron chi connectivity index (χ1n) is 4.66. The third-order valence-electron chi connectivity index (χ3n) is 1.52. The number of alkyl halides is 3. The van der Waals surface area contributed by atoms with E-state index in [0.717, 1.165) is 11.5 Å². The van der Waals surface area contributed by atoms with Gasteiger partial charge in [0.05, 0.1) is 5.75 Å². The standard InChI is InChI=1S/C10H15F3S/c1-2-14-9-7-5-3-4-6-8-10(11,12)13/h2-4,6,8-9H2,1H3. The maximum atomic E-state index is 11.7. The van der Waals surface area contributed by atoms with Crippen LogP contribution in [0.1, 0.15) is 32.6 Å². The Hall–Kier alpha value is -0.300. The molecule has 0 fully saturated rings. The maximum Gasteiger partial charge on any atom is 0.389 e. The Bertz CT molecular complexity index is 188. The fourth-order valence-electron chi connectivity index (χ4n) is 0.831. The van der Waals surface area contributed by atoms with Gasteiger partial charge in [-0.05, 0) is 18.6 Å². The Kier molecular flexibility index (Phi) is 7.87. The van der Waals surface area contributed by atoms with Gasteiger partial charge in [-0.3, -0.25) is 0 Å². The first kappa shape index (κ1) is 13.7. The van der Waals surface area contributed by atoms with Crippen LogP contribution in [0.25, 0.3) is 0 Å². The third kappa shape index (κ3) is 11.7. The minimum Gasteiger partial charge on any atom is -0.171 e. The Morgan fingerprint density at radius 1 is 1.14 bits per heavy atom. The van der Waals surface area contributed by atoms with Gasteiger partial charge < -0.3 is 0 Å². The van der Waals surface area contributed by atoms with Gasteiger partial charge >= 0.3 is 6.18 Å². The number of rotatable bonds is 5. The molecule has 82 valence electrons. The van der Waals surface area contributed by atoms with Crippen molar-refractivity contribution in [1.29, 1.82) is 0 Å². The van der Waals surface area contributed by atoms with Crippen LogP contribution in [0.15, 0.2) is 0 Å². The average molecular weight is 224 g/mol. The van der Waals surface area contributed by atoms with Crippen molar-refractivity contribution in [1.82, 2.24) is 0 Å². The van der Waals surface area contributed by atoms with E-state index in [4.69, 9.17) is 0 Å². The van der Waals surface area contributed by atoms with Crippen LogP contribution < -0.4 is 0 Å². The maximum absolute atomic E-state index is 11.7. The Morgan fingerprint density at radius 3 is 2.43 bits per heavy atom. The van der Waals surface area contributed by atoms with E-state index in [1.807, 2.05) is 0 Å². The summed E-state index contributed by atoms with van der Waals surface area (Å²) in [6.07, 6.45) is -3.37. The molecule has 0 aromatic heterocycles. The molecule has 0 heterocycles. The number of hydrogen-bond acceptors (Lipinski definition) is 1. The molecule has 0 aliphatic rings. The second-order valence-electron chi connectivity index (χ2n) is 2.81. The molecule has 0 bridgehead atoms. The lowest BCUT2D eigenvalue weighted by Gasteiger charge is -2.03. The van der Waals surface area contributed by atoms with Crippen LogP contribution in [0, 0.1) is 11.8 Å². The van der Waals surface area contributed by atoms with Crippen LogP contribution >= 0.6 is 11.8 Å². The quantitative estimate of drug-likeness (QED) is 0.504. The van der Waals surface area contributed by atoms with Crippen LogP contribution in [-0.2, 0) is 0 Å². The lowest BCUT2D eigenvalue weighted by Crippen LogP contribution is -2.05. The van der Waals surface area contributed by atoms with Crippen LogP contribution in [-0.4, -0.2) is 17.7 Å². The second-order valence-corrected chi connectivity index (χ2v) is 4.09. The molecular weight excluding hydrogens is 209 g/mol. The van der Waals surface area contributed by atoms with Gasteiger partial charge in [0.2, 0.25) is 0 Å². The number of hydrogen-bond donors (Lipinski definition) is 0. The average Bonchev–Trinajstić information content (AvgIpc) is 2.08. The molecule has 0 amide bonds. The topological polar surface area (TPSA) is 0 Å². The van der Waals surface area contributed by atoms with Crippen molar-refractivity contribution in [2.45, 2.75) is 38.8 Å². The molecule has 0 spiro atoms. The lowest BCUT2D eigenvalue weighted by molar-refractivity contribution is -0.135. The van der Waals surface area contributed by atoms with Gasteiger partial charge in [-0.25, -0.2) is 0 Å². The zero-order chi connectivity index (χ0) is 10.9. The first-order valence-corrected chi connectivity index (χ1v) is 5.82. The molecule has 0 atom stereocenters. The van der Waals surface area contributed by atoms with Gasteiger partial charge in [0.15, 0.2) is 0 Å². The minimum atomic E-state index is -4.01. The molecule has 0 aromatic rings. The first-order chi connectivity index (χ1) is 6.56. The van der Waals surface area contributed by atoms with E-state index in [1.165, 1.54) is 0 Å². The molecule has 0 rings (SSSR count). The van der Waals surface area contributed by atoms with Crippen molar-refractivity contribution < 1.29 is 13.2 Å². The Morgan fingerprint density at radius 2 is 1.86 bits per heavy atom. The SMILES string of the molecule is CCSCC#CCCCCC(F)(F)F. The van der Waals surface area contributed by atoms with Gasteiger partial charge in [-0.2, -0.15) is 13.2 Å². The van der Waals surface area contributed by atoms with Gasteiger partial charge in [0.25, 0.3) is 0 Å². The normalized spacial score (nSPS) is 10.9. The van der Waals surface area contributed by atoms with E-state index in [9.17, 15) is 13.2 Å². The Labute approximate surface area is 87.6 Å². The second kappa shape index (κ2) is 8.05. The summed E-state index contributed by atoms with van der Waals surface area (Å²) in [4.78, 5) is 0.